The van der Waals surface area contributed by atoms with E-state index in [1.807, 2.05) is 25.1 Å². The first kappa shape index (κ1) is 20.7. The summed E-state index contributed by atoms with van der Waals surface area (Å²) in [7, 11) is 3.80. The van der Waals surface area contributed by atoms with Crippen LogP contribution in [0.25, 0.3) is 0 Å². The maximum Gasteiger partial charge on any atom is 0.282 e. The summed E-state index contributed by atoms with van der Waals surface area (Å²) in [6, 6.07) is 10.8. The van der Waals surface area contributed by atoms with E-state index >= 15 is 0 Å². The number of rotatable bonds is 7. The Balaban J connectivity index is 1.82. The molecule has 8 heteroatoms. The molecule has 2 aromatic rings. The number of hydrogen-bond acceptors (Lipinski definition) is 5. The highest BCUT2D eigenvalue weighted by Gasteiger charge is 2.27. The van der Waals surface area contributed by atoms with Crippen LogP contribution in [0, 0.1) is 15.9 Å². The van der Waals surface area contributed by atoms with Crippen LogP contribution in [0.3, 0.4) is 0 Å². The average molecular weight is 400 g/mol. The number of nitrogens with zero attached hydrogens (tertiary/aromatic N) is 3. The van der Waals surface area contributed by atoms with Crippen molar-refractivity contribution in [2.24, 2.45) is 0 Å². The molecule has 7 nitrogen and oxygen atoms in total. The highest BCUT2D eigenvalue weighted by Crippen LogP contribution is 2.27. The van der Waals surface area contributed by atoms with Gasteiger partial charge in [0.1, 0.15) is 11.4 Å². The van der Waals surface area contributed by atoms with E-state index in [4.69, 9.17) is 0 Å². The first-order valence-corrected chi connectivity index (χ1v) is 9.60. The third kappa shape index (κ3) is 4.89. The second-order valence-electron chi connectivity index (χ2n) is 7.40. The quantitative estimate of drug-likeness (QED) is 0.567. The van der Waals surface area contributed by atoms with E-state index in [1.54, 1.807) is 17.0 Å². The Morgan fingerprint density at radius 2 is 1.97 bits per heavy atom. The Kier molecular flexibility index (Phi) is 6.43. The van der Waals surface area contributed by atoms with Crippen LogP contribution < -0.4 is 5.32 Å². The van der Waals surface area contributed by atoms with Gasteiger partial charge in [0.2, 0.25) is 0 Å². The summed E-state index contributed by atoms with van der Waals surface area (Å²) < 4.78 is 13.6. The molecule has 1 unspecified atom stereocenters. The first-order valence-electron chi connectivity index (χ1n) is 9.60. The molecule has 1 heterocycles. The molecule has 1 N–H and O–H groups in total. The number of hydrogen-bond donors (Lipinski definition) is 1. The summed E-state index contributed by atoms with van der Waals surface area (Å²) >= 11 is 0. The molecule has 0 bridgehead atoms. The third-order valence-corrected chi connectivity index (χ3v) is 5.17. The number of likely N-dealkylation sites (N-methyl/N-ethyl adjacent to an activating group) is 1. The van der Waals surface area contributed by atoms with E-state index in [-0.39, 0.29) is 29.0 Å². The van der Waals surface area contributed by atoms with E-state index < -0.39 is 4.92 Å². The third-order valence-electron chi connectivity index (χ3n) is 5.17. The molecule has 0 aliphatic carbocycles. The van der Waals surface area contributed by atoms with Gasteiger partial charge in [-0.25, -0.2) is 4.39 Å². The number of nitro groups is 1. The standard InChI is InChI=1S/C21H25FN4O3/c1-24(2)20(15-6-5-7-16(22)12-15)14-23-17-8-9-19(26(28)29)18(13-17)21(27)25-10-3-4-11-25/h5-9,12-13,20,23H,3-4,10-11,14H2,1-2H3. The van der Waals surface area contributed by atoms with Crippen LogP contribution in [0.1, 0.15) is 34.8 Å². The fourth-order valence-electron chi connectivity index (χ4n) is 3.59. The van der Waals surface area contributed by atoms with Crippen LogP contribution >= 0.6 is 0 Å². The molecule has 29 heavy (non-hydrogen) atoms. The lowest BCUT2D eigenvalue weighted by Gasteiger charge is -2.26. The van der Waals surface area contributed by atoms with Gasteiger partial charge in [-0.15, -0.1) is 0 Å². The Hall–Kier alpha value is -3.00. The van der Waals surface area contributed by atoms with Gasteiger partial charge in [-0.3, -0.25) is 14.9 Å². The number of carbonyl (C=O) groups is 1. The second kappa shape index (κ2) is 9.00. The van der Waals surface area contributed by atoms with Crippen molar-refractivity contribution in [3.8, 4) is 0 Å². The van der Waals surface area contributed by atoms with Crippen molar-refractivity contribution < 1.29 is 14.1 Å². The number of nitrogens with one attached hydrogen (secondary N) is 1. The fraction of sp³-hybridized carbons (Fsp3) is 0.381. The predicted molar refractivity (Wildman–Crippen MR) is 110 cm³/mol. The van der Waals surface area contributed by atoms with Crippen molar-refractivity contribution in [1.29, 1.82) is 0 Å². The van der Waals surface area contributed by atoms with Gasteiger partial charge >= 0.3 is 0 Å². The van der Waals surface area contributed by atoms with Crippen molar-refractivity contribution >= 4 is 17.3 Å². The summed E-state index contributed by atoms with van der Waals surface area (Å²) in [6.45, 7) is 1.69. The number of benzene rings is 2. The van der Waals surface area contributed by atoms with Crippen molar-refractivity contribution in [2.45, 2.75) is 18.9 Å². The normalized spacial score (nSPS) is 14.8. The van der Waals surface area contributed by atoms with Gasteiger partial charge in [0.05, 0.1) is 11.0 Å². The van der Waals surface area contributed by atoms with Gasteiger partial charge in [-0.05, 0) is 56.8 Å². The minimum atomic E-state index is -0.525. The van der Waals surface area contributed by atoms with E-state index in [1.165, 1.54) is 24.3 Å². The van der Waals surface area contributed by atoms with Crippen molar-refractivity contribution in [1.82, 2.24) is 9.80 Å². The average Bonchev–Trinajstić information content (AvgIpc) is 3.22. The number of carbonyl (C=O) groups excluding carboxylic acids is 1. The van der Waals surface area contributed by atoms with Crippen LogP contribution in [0.15, 0.2) is 42.5 Å². The Labute approximate surface area is 169 Å². The number of amides is 1. The van der Waals surface area contributed by atoms with Gasteiger partial charge in [0, 0.05) is 31.4 Å². The van der Waals surface area contributed by atoms with E-state index in [9.17, 15) is 19.3 Å². The molecule has 1 amide bonds. The second-order valence-corrected chi connectivity index (χ2v) is 7.40. The zero-order chi connectivity index (χ0) is 21.0. The minimum absolute atomic E-state index is 0.0917. The zero-order valence-electron chi connectivity index (χ0n) is 16.6. The van der Waals surface area contributed by atoms with Crippen LogP contribution in [0.2, 0.25) is 0 Å². The summed E-state index contributed by atoms with van der Waals surface area (Å²) in [6.07, 6.45) is 1.82. The molecule has 1 fully saturated rings. The number of nitro benzene ring substituents is 1. The fourth-order valence-corrected chi connectivity index (χ4v) is 3.59. The zero-order valence-corrected chi connectivity index (χ0v) is 16.6. The van der Waals surface area contributed by atoms with Crippen LogP contribution in [-0.4, -0.2) is 54.4 Å². The maximum atomic E-state index is 13.6. The van der Waals surface area contributed by atoms with Gasteiger partial charge in [-0.2, -0.15) is 0 Å². The summed E-state index contributed by atoms with van der Waals surface area (Å²) in [5, 5.41) is 14.6. The SMILES string of the molecule is CN(C)C(CNc1ccc([N+](=O)[O-])c(C(=O)N2CCCC2)c1)c1cccc(F)c1. The number of likely N-dealkylation sites (tertiary alicyclic amines) is 1. The van der Waals surface area contributed by atoms with E-state index in [0.29, 0.717) is 25.3 Å². The van der Waals surface area contributed by atoms with E-state index in [0.717, 1.165) is 18.4 Å². The molecular formula is C21H25FN4O3. The maximum absolute atomic E-state index is 13.6. The highest BCUT2D eigenvalue weighted by molar-refractivity contribution is 5.99. The van der Waals surface area contributed by atoms with Crippen molar-refractivity contribution in [2.75, 3.05) is 39.0 Å². The molecule has 154 valence electrons. The molecule has 0 radical (unpaired) electrons. The lowest BCUT2D eigenvalue weighted by atomic mass is 10.1. The summed E-state index contributed by atoms with van der Waals surface area (Å²) in [5.41, 5.74) is 1.33. The summed E-state index contributed by atoms with van der Waals surface area (Å²) in [5.74, 6) is -0.615. The summed E-state index contributed by atoms with van der Waals surface area (Å²) in [4.78, 5) is 27.3. The minimum Gasteiger partial charge on any atom is -0.383 e. The van der Waals surface area contributed by atoms with E-state index in [2.05, 4.69) is 5.32 Å². The van der Waals surface area contributed by atoms with Gasteiger partial charge in [0.15, 0.2) is 0 Å². The Bertz CT molecular complexity index is 897. The molecular weight excluding hydrogens is 375 g/mol. The molecule has 0 saturated carbocycles. The van der Waals surface area contributed by atoms with Crippen molar-refractivity contribution in [3.05, 3.63) is 69.5 Å². The molecule has 0 aromatic heterocycles. The van der Waals surface area contributed by atoms with Gasteiger partial charge in [0.25, 0.3) is 11.6 Å². The molecule has 0 spiro atoms. The lowest BCUT2D eigenvalue weighted by Crippen LogP contribution is -2.29. The highest BCUT2D eigenvalue weighted by atomic mass is 19.1. The molecule has 1 aliphatic rings. The number of halogens is 1. The Morgan fingerprint density at radius 3 is 2.59 bits per heavy atom. The van der Waals surface area contributed by atoms with Crippen molar-refractivity contribution in [3.63, 3.8) is 0 Å². The smallest absolute Gasteiger partial charge is 0.282 e. The molecule has 1 saturated heterocycles. The van der Waals surface area contributed by atoms with Gasteiger partial charge in [-0.1, -0.05) is 12.1 Å². The topological polar surface area (TPSA) is 78.7 Å². The lowest BCUT2D eigenvalue weighted by molar-refractivity contribution is -0.385. The first-order chi connectivity index (χ1) is 13.9. The molecule has 1 aliphatic heterocycles. The predicted octanol–water partition coefficient (Wildman–Crippen LogP) is 3.68. The van der Waals surface area contributed by atoms with Crippen LogP contribution in [0.5, 0.6) is 0 Å². The van der Waals surface area contributed by atoms with Crippen LogP contribution in [0.4, 0.5) is 15.8 Å². The van der Waals surface area contributed by atoms with Gasteiger partial charge < -0.3 is 15.1 Å². The molecule has 1 atom stereocenters. The van der Waals surface area contributed by atoms with Crippen LogP contribution in [-0.2, 0) is 0 Å². The Morgan fingerprint density at radius 1 is 1.24 bits per heavy atom. The molecule has 2 aromatic carbocycles. The number of anilines is 1. The molecule has 3 rings (SSSR count). The monoisotopic (exact) mass is 400 g/mol. The largest absolute Gasteiger partial charge is 0.383 e.